The van der Waals surface area contributed by atoms with Crippen molar-refractivity contribution in [2.24, 2.45) is 17.8 Å². The topological polar surface area (TPSA) is 54.5 Å². The summed E-state index contributed by atoms with van der Waals surface area (Å²) in [6, 6.07) is 25.5. The Kier molecular flexibility index (Phi) is 5.69. The summed E-state index contributed by atoms with van der Waals surface area (Å²) in [6.07, 6.45) is 4.10. The number of hydrogen-bond donors (Lipinski definition) is 0. The second-order valence-corrected chi connectivity index (χ2v) is 8.95. The molecule has 0 bridgehead atoms. The SMILES string of the molecule is O=C(C[C@H]1C=C[C@@H](c2ccccc2)C2C(=O)N(c3ccccc3)C(=O)C21)c1ccc(Cl)cc1. The van der Waals surface area contributed by atoms with Crippen LogP contribution in [0.4, 0.5) is 5.69 Å². The number of benzene rings is 3. The predicted molar refractivity (Wildman–Crippen MR) is 128 cm³/mol. The van der Waals surface area contributed by atoms with Crippen LogP contribution >= 0.6 is 11.6 Å². The van der Waals surface area contributed by atoms with E-state index in [1.165, 1.54) is 4.90 Å². The van der Waals surface area contributed by atoms with Crippen molar-refractivity contribution in [1.82, 2.24) is 0 Å². The lowest BCUT2D eigenvalue weighted by molar-refractivity contribution is -0.122. The number of amides is 2. The molecule has 1 heterocycles. The number of imide groups is 1. The molecule has 0 radical (unpaired) electrons. The Hall–Kier alpha value is -3.50. The summed E-state index contributed by atoms with van der Waals surface area (Å²) in [5, 5.41) is 0.560. The maximum Gasteiger partial charge on any atom is 0.238 e. The lowest BCUT2D eigenvalue weighted by Crippen LogP contribution is -2.34. The van der Waals surface area contributed by atoms with Gasteiger partial charge in [0.15, 0.2) is 5.78 Å². The smallest absolute Gasteiger partial charge is 0.238 e. The molecule has 5 heteroatoms. The van der Waals surface area contributed by atoms with Crippen molar-refractivity contribution in [2.45, 2.75) is 12.3 Å². The van der Waals surface area contributed by atoms with Crippen LogP contribution in [0.5, 0.6) is 0 Å². The zero-order chi connectivity index (χ0) is 22.9. The van der Waals surface area contributed by atoms with Gasteiger partial charge in [-0.2, -0.15) is 0 Å². The maximum absolute atomic E-state index is 13.6. The lowest BCUT2D eigenvalue weighted by Gasteiger charge is -2.32. The first-order valence-corrected chi connectivity index (χ1v) is 11.4. The Morgan fingerprint density at radius 2 is 1.36 bits per heavy atom. The van der Waals surface area contributed by atoms with Gasteiger partial charge in [-0.05, 0) is 47.9 Å². The number of ketones is 1. The molecule has 5 rings (SSSR count). The largest absolute Gasteiger partial charge is 0.294 e. The lowest BCUT2D eigenvalue weighted by atomic mass is 9.68. The van der Waals surface area contributed by atoms with Gasteiger partial charge in [0, 0.05) is 22.9 Å². The fraction of sp³-hybridized carbons (Fsp3) is 0.179. The number of allylic oxidation sites excluding steroid dienone is 2. The summed E-state index contributed by atoms with van der Waals surface area (Å²) in [7, 11) is 0. The molecule has 1 fully saturated rings. The Morgan fingerprint density at radius 3 is 2.03 bits per heavy atom. The number of anilines is 1. The zero-order valence-electron chi connectivity index (χ0n) is 17.8. The minimum atomic E-state index is -0.593. The number of fused-ring (bicyclic) bond motifs is 1. The molecule has 2 aliphatic rings. The van der Waals surface area contributed by atoms with Gasteiger partial charge >= 0.3 is 0 Å². The number of para-hydroxylation sites is 1. The summed E-state index contributed by atoms with van der Waals surface area (Å²) < 4.78 is 0. The standard InChI is InChI=1S/C28H22ClNO3/c29-21-14-11-19(12-15-21)24(31)17-20-13-16-23(18-7-3-1-4-8-18)26-25(20)27(32)30(28(26)33)22-9-5-2-6-10-22/h1-16,20,23,25-26H,17H2/t20-,23+,25?,26?/m1/s1. The van der Waals surface area contributed by atoms with Crippen LogP contribution in [-0.4, -0.2) is 17.6 Å². The van der Waals surface area contributed by atoms with Gasteiger partial charge in [0.2, 0.25) is 11.8 Å². The highest BCUT2D eigenvalue weighted by Gasteiger charge is 2.55. The van der Waals surface area contributed by atoms with Crippen LogP contribution in [-0.2, 0) is 9.59 Å². The minimum absolute atomic E-state index is 0.0726. The molecule has 2 unspecified atom stereocenters. The molecule has 2 amide bonds. The molecule has 1 saturated heterocycles. The van der Waals surface area contributed by atoms with Crippen LogP contribution < -0.4 is 4.90 Å². The Bertz CT molecular complexity index is 1220. The van der Waals surface area contributed by atoms with Gasteiger partial charge in [0.25, 0.3) is 0 Å². The van der Waals surface area contributed by atoms with Gasteiger partial charge in [-0.25, -0.2) is 0 Å². The molecule has 0 spiro atoms. The van der Waals surface area contributed by atoms with Crippen molar-refractivity contribution < 1.29 is 14.4 Å². The van der Waals surface area contributed by atoms with Crippen LogP contribution in [0.3, 0.4) is 0 Å². The molecule has 33 heavy (non-hydrogen) atoms. The van der Waals surface area contributed by atoms with E-state index in [9.17, 15) is 14.4 Å². The monoisotopic (exact) mass is 455 g/mol. The van der Waals surface area contributed by atoms with Crippen molar-refractivity contribution >= 4 is 34.9 Å². The van der Waals surface area contributed by atoms with Crippen LogP contribution in [0.2, 0.25) is 5.02 Å². The van der Waals surface area contributed by atoms with Gasteiger partial charge < -0.3 is 0 Å². The second-order valence-electron chi connectivity index (χ2n) is 8.52. The molecule has 3 aromatic rings. The number of rotatable bonds is 5. The van der Waals surface area contributed by atoms with Crippen LogP contribution in [0, 0.1) is 17.8 Å². The number of hydrogen-bond acceptors (Lipinski definition) is 3. The van der Waals surface area contributed by atoms with E-state index in [1.54, 1.807) is 36.4 Å². The first-order chi connectivity index (χ1) is 16.0. The molecule has 1 aliphatic heterocycles. The van der Waals surface area contributed by atoms with Crippen LogP contribution in [0.1, 0.15) is 28.3 Å². The Balaban J connectivity index is 1.52. The fourth-order valence-electron chi connectivity index (χ4n) is 5.03. The second kappa shape index (κ2) is 8.80. The highest BCUT2D eigenvalue weighted by molar-refractivity contribution is 6.30. The van der Waals surface area contributed by atoms with E-state index < -0.39 is 11.8 Å². The molecule has 3 aromatic carbocycles. The zero-order valence-corrected chi connectivity index (χ0v) is 18.6. The molecule has 4 nitrogen and oxygen atoms in total. The molecule has 4 atom stereocenters. The van der Waals surface area contributed by atoms with Crippen LogP contribution in [0.15, 0.2) is 97.1 Å². The average Bonchev–Trinajstić information content (AvgIpc) is 3.11. The Morgan fingerprint density at radius 1 is 0.758 bits per heavy atom. The molecular formula is C28H22ClNO3. The van der Waals surface area contributed by atoms with E-state index in [2.05, 4.69) is 0 Å². The quantitative estimate of drug-likeness (QED) is 0.282. The average molecular weight is 456 g/mol. The van der Waals surface area contributed by atoms with E-state index in [0.29, 0.717) is 16.3 Å². The molecule has 164 valence electrons. The molecule has 0 aromatic heterocycles. The first kappa shape index (κ1) is 21.4. The third kappa shape index (κ3) is 3.91. The van der Waals surface area contributed by atoms with E-state index in [-0.39, 0.29) is 35.9 Å². The van der Waals surface area contributed by atoms with Crippen LogP contribution in [0.25, 0.3) is 0 Å². The number of carbonyl (C=O) groups excluding carboxylic acids is 3. The highest BCUT2D eigenvalue weighted by Crippen LogP contribution is 2.48. The number of nitrogens with zero attached hydrogens (tertiary/aromatic N) is 1. The van der Waals surface area contributed by atoms with Crippen molar-refractivity contribution in [3.63, 3.8) is 0 Å². The third-order valence-corrected chi connectivity index (χ3v) is 6.85. The predicted octanol–water partition coefficient (Wildman–Crippen LogP) is 5.69. The molecule has 0 saturated carbocycles. The summed E-state index contributed by atoms with van der Waals surface area (Å²) >= 11 is 5.95. The van der Waals surface area contributed by atoms with Crippen molar-refractivity contribution in [1.29, 1.82) is 0 Å². The first-order valence-electron chi connectivity index (χ1n) is 11.0. The number of carbonyl (C=O) groups is 3. The van der Waals surface area contributed by atoms with Gasteiger partial charge in [-0.15, -0.1) is 0 Å². The maximum atomic E-state index is 13.6. The summed E-state index contributed by atoms with van der Waals surface area (Å²) in [6.45, 7) is 0. The molecule has 0 N–H and O–H groups in total. The summed E-state index contributed by atoms with van der Waals surface area (Å²) in [5.41, 5.74) is 2.10. The van der Waals surface area contributed by atoms with Gasteiger partial charge in [-0.1, -0.05) is 72.3 Å². The molecule has 1 aliphatic carbocycles. The fourth-order valence-corrected chi connectivity index (χ4v) is 5.16. The van der Waals surface area contributed by atoms with E-state index in [1.807, 2.05) is 60.7 Å². The summed E-state index contributed by atoms with van der Waals surface area (Å²) in [4.78, 5) is 41.6. The van der Waals surface area contributed by atoms with Crippen molar-refractivity contribution in [3.8, 4) is 0 Å². The minimum Gasteiger partial charge on any atom is -0.294 e. The third-order valence-electron chi connectivity index (χ3n) is 6.60. The molecular weight excluding hydrogens is 434 g/mol. The Labute approximate surface area is 197 Å². The highest BCUT2D eigenvalue weighted by atomic mass is 35.5. The number of Topliss-reactive ketones (excluding diaryl/α,β-unsaturated/α-hetero) is 1. The normalized spacial score (nSPS) is 24.1. The van der Waals surface area contributed by atoms with Crippen molar-refractivity contribution in [3.05, 3.63) is 113 Å². The van der Waals surface area contributed by atoms with Gasteiger partial charge in [0.1, 0.15) is 0 Å². The van der Waals surface area contributed by atoms with Gasteiger partial charge in [0.05, 0.1) is 17.5 Å². The van der Waals surface area contributed by atoms with Gasteiger partial charge in [-0.3, -0.25) is 19.3 Å². The summed E-state index contributed by atoms with van der Waals surface area (Å²) in [5.74, 6) is -2.24. The van der Waals surface area contributed by atoms with Crippen molar-refractivity contribution in [2.75, 3.05) is 4.90 Å². The van der Waals surface area contributed by atoms with E-state index >= 15 is 0 Å². The number of halogens is 1. The van der Waals surface area contributed by atoms with E-state index in [0.717, 1.165) is 5.56 Å². The van der Waals surface area contributed by atoms with E-state index in [4.69, 9.17) is 11.6 Å².